The summed E-state index contributed by atoms with van der Waals surface area (Å²) >= 11 is 0. The molecule has 0 aliphatic carbocycles. The van der Waals surface area contributed by atoms with Gasteiger partial charge in [-0.3, -0.25) is 0 Å². The lowest BCUT2D eigenvalue weighted by molar-refractivity contribution is 0.239. The molecule has 0 aliphatic heterocycles. The van der Waals surface area contributed by atoms with Crippen molar-refractivity contribution in [2.45, 2.75) is 46.3 Å². The van der Waals surface area contributed by atoms with Crippen molar-refractivity contribution in [3.05, 3.63) is 41.0 Å². The zero-order valence-electron chi connectivity index (χ0n) is 13.1. The summed E-state index contributed by atoms with van der Waals surface area (Å²) in [5, 5.41) is 7.16. The average molecular weight is 289 g/mol. The highest BCUT2D eigenvalue weighted by molar-refractivity contribution is 5.39. The van der Waals surface area contributed by atoms with Gasteiger partial charge in [0, 0.05) is 18.0 Å². The van der Waals surface area contributed by atoms with Crippen molar-refractivity contribution < 1.29 is 9.26 Å². The fourth-order valence-electron chi connectivity index (χ4n) is 2.09. The standard InChI is InChI=1S/C16H23N3O2/c1-5-6-15-18-16(21-19-15)10-20-14-9-11(2)7-8-13(14)12(3)17-4/h7-9,12,17H,5-6,10H2,1-4H3. The summed E-state index contributed by atoms with van der Waals surface area (Å²) < 4.78 is 11.1. The number of rotatable bonds is 7. The third-order valence-corrected chi connectivity index (χ3v) is 3.40. The van der Waals surface area contributed by atoms with E-state index >= 15 is 0 Å². The van der Waals surface area contributed by atoms with Gasteiger partial charge in [-0.1, -0.05) is 24.2 Å². The first-order chi connectivity index (χ1) is 10.1. The van der Waals surface area contributed by atoms with Gasteiger partial charge in [0.1, 0.15) is 5.75 Å². The summed E-state index contributed by atoms with van der Waals surface area (Å²) in [5.74, 6) is 2.11. The van der Waals surface area contributed by atoms with Crippen molar-refractivity contribution in [3.8, 4) is 5.75 Å². The van der Waals surface area contributed by atoms with E-state index in [2.05, 4.69) is 41.4 Å². The van der Waals surface area contributed by atoms with Crippen LogP contribution in [-0.2, 0) is 13.0 Å². The highest BCUT2D eigenvalue weighted by atomic mass is 16.5. The van der Waals surface area contributed by atoms with E-state index in [9.17, 15) is 0 Å². The average Bonchev–Trinajstić information content (AvgIpc) is 2.92. The van der Waals surface area contributed by atoms with Gasteiger partial charge in [-0.2, -0.15) is 4.98 Å². The van der Waals surface area contributed by atoms with Crippen LogP contribution >= 0.6 is 0 Å². The van der Waals surface area contributed by atoms with Gasteiger partial charge in [-0.05, 0) is 38.9 Å². The fourth-order valence-corrected chi connectivity index (χ4v) is 2.09. The zero-order valence-corrected chi connectivity index (χ0v) is 13.1. The number of aryl methyl sites for hydroxylation is 2. The van der Waals surface area contributed by atoms with Crippen LogP contribution in [0.3, 0.4) is 0 Å². The molecule has 0 radical (unpaired) electrons. The van der Waals surface area contributed by atoms with Gasteiger partial charge >= 0.3 is 0 Å². The molecule has 0 amide bonds. The molecule has 0 saturated carbocycles. The molecular weight excluding hydrogens is 266 g/mol. The van der Waals surface area contributed by atoms with Crippen LogP contribution in [0.4, 0.5) is 0 Å². The Morgan fingerprint density at radius 3 is 2.90 bits per heavy atom. The molecule has 0 fully saturated rings. The summed E-state index contributed by atoms with van der Waals surface area (Å²) in [5.41, 5.74) is 2.28. The topological polar surface area (TPSA) is 60.2 Å². The smallest absolute Gasteiger partial charge is 0.264 e. The van der Waals surface area contributed by atoms with Gasteiger partial charge in [0.15, 0.2) is 12.4 Å². The zero-order chi connectivity index (χ0) is 15.2. The molecular formula is C16H23N3O2. The summed E-state index contributed by atoms with van der Waals surface area (Å²) in [6.07, 6.45) is 1.83. The summed E-state index contributed by atoms with van der Waals surface area (Å²) in [7, 11) is 1.93. The molecule has 1 aromatic heterocycles. The second-order valence-corrected chi connectivity index (χ2v) is 5.19. The number of hydrogen-bond acceptors (Lipinski definition) is 5. The van der Waals surface area contributed by atoms with Crippen LogP contribution in [0.1, 0.15) is 49.2 Å². The maximum absolute atomic E-state index is 5.88. The van der Waals surface area contributed by atoms with E-state index in [-0.39, 0.29) is 6.04 Å². The second kappa shape index (κ2) is 7.22. The Hall–Kier alpha value is -1.88. The fraction of sp³-hybridized carbons (Fsp3) is 0.500. The van der Waals surface area contributed by atoms with E-state index in [1.54, 1.807) is 0 Å². The maximum Gasteiger partial charge on any atom is 0.264 e. The van der Waals surface area contributed by atoms with Crippen LogP contribution < -0.4 is 10.1 Å². The molecule has 1 N–H and O–H groups in total. The number of hydrogen-bond donors (Lipinski definition) is 1. The highest BCUT2D eigenvalue weighted by Gasteiger charge is 2.12. The van der Waals surface area contributed by atoms with Gasteiger partial charge in [-0.15, -0.1) is 0 Å². The molecule has 1 heterocycles. The molecule has 2 rings (SSSR count). The molecule has 5 nitrogen and oxygen atoms in total. The lowest BCUT2D eigenvalue weighted by atomic mass is 10.1. The van der Waals surface area contributed by atoms with Crippen LogP contribution in [-0.4, -0.2) is 17.2 Å². The van der Waals surface area contributed by atoms with Crippen LogP contribution in [0.15, 0.2) is 22.7 Å². The molecule has 1 aromatic carbocycles. The molecule has 0 aliphatic rings. The predicted molar refractivity (Wildman–Crippen MR) is 81.3 cm³/mol. The molecule has 0 saturated heterocycles. The molecule has 0 bridgehead atoms. The van der Waals surface area contributed by atoms with Crippen molar-refractivity contribution in [2.75, 3.05) is 7.05 Å². The summed E-state index contributed by atoms with van der Waals surface area (Å²) in [6.45, 7) is 6.53. The first kappa shape index (κ1) is 15.5. The third-order valence-electron chi connectivity index (χ3n) is 3.40. The lowest BCUT2D eigenvalue weighted by Crippen LogP contribution is -2.14. The molecule has 0 spiro atoms. The predicted octanol–water partition coefficient (Wildman–Crippen LogP) is 3.19. The van der Waals surface area contributed by atoms with E-state index in [1.807, 2.05) is 20.0 Å². The third kappa shape index (κ3) is 4.04. The Balaban J connectivity index is 2.09. The van der Waals surface area contributed by atoms with Gasteiger partial charge in [-0.25, -0.2) is 0 Å². The minimum atomic E-state index is 0.221. The number of ether oxygens (including phenoxy) is 1. The minimum Gasteiger partial charge on any atom is -0.483 e. The molecule has 5 heteroatoms. The number of nitrogens with zero attached hydrogens (tertiary/aromatic N) is 2. The van der Waals surface area contributed by atoms with Gasteiger partial charge < -0.3 is 14.6 Å². The van der Waals surface area contributed by atoms with Gasteiger partial charge in [0.25, 0.3) is 5.89 Å². The number of nitrogens with one attached hydrogen (secondary N) is 1. The Labute approximate surface area is 125 Å². The molecule has 1 atom stereocenters. The van der Waals surface area contributed by atoms with Crippen molar-refractivity contribution in [2.24, 2.45) is 0 Å². The Morgan fingerprint density at radius 2 is 2.19 bits per heavy atom. The quantitative estimate of drug-likeness (QED) is 0.848. The van der Waals surface area contributed by atoms with Crippen LogP contribution in [0.5, 0.6) is 5.75 Å². The van der Waals surface area contributed by atoms with Crippen LogP contribution in [0.25, 0.3) is 0 Å². The molecule has 114 valence electrons. The largest absolute Gasteiger partial charge is 0.483 e. The van der Waals surface area contributed by atoms with Crippen molar-refractivity contribution in [3.63, 3.8) is 0 Å². The lowest BCUT2D eigenvalue weighted by Gasteiger charge is -2.16. The Kier molecular flexibility index (Phi) is 5.33. The second-order valence-electron chi connectivity index (χ2n) is 5.19. The van der Waals surface area contributed by atoms with E-state index in [4.69, 9.17) is 9.26 Å². The van der Waals surface area contributed by atoms with Crippen molar-refractivity contribution in [1.29, 1.82) is 0 Å². The first-order valence-electron chi connectivity index (χ1n) is 7.36. The summed E-state index contributed by atoms with van der Waals surface area (Å²) in [4.78, 5) is 4.31. The minimum absolute atomic E-state index is 0.221. The molecule has 21 heavy (non-hydrogen) atoms. The normalized spacial score (nSPS) is 12.4. The van der Waals surface area contributed by atoms with Gasteiger partial charge in [0.05, 0.1) is 0 Å². The van der Waals surface area contributed by atoms with Gasteiger partial charge in [0.2, 0.25) is 0 Å². The van der Waals surface area contributed by atoms with E-state index in [0.29, 0.717) is 12.5 Å². The van der Waals surface area contributed by atoms with Crippen LogP contribution in [0.2, 0.25) is 0 Å². The van der Waals surface area contributed by atoms with E-state index < -0.39 is 0 Å². The highest BCUT2D eigenvalue weighted by Crippen LogP contribution is 2.26. The molecule has 1 unspecified atom stereocenters. The van der Waals surface area contributed by atoms with Crippen molar-refractivity contribution >= 4 is 0 Å². The monoisotopic (exact) mass is 289 g/mol. The Bertz CT molecular complexity index is 581. The first-order valence-corrected chi connectivity index (χ1v) is 7.36. The number of benzene rings is 1. The van der Waals surface area contributed by atoms with E-state index in [0.717, 1.165) is 35.5 Å². The molecule has 2 aromatic rings. The Morgan fingerprint density at radius 1 is 1.38 bits per heavy atom. The SMILES string of the molecule is CCCc1noc(COc2cc(C)ccc2C(C)NC)n1. The maximum atomic E-state index is 5.88. The summed E-state index contributed by atoms with van der Waals surface area (Å²) in [6, 6.07) is 6.43. The van der Waals surface area contributed by atoms with Crippen molar-refractivity contribution in [1.82, 2.24) is 15.5 Å². The number of aromatic nitrogens is 2. The van der Waals surface area contributed by atoms with E-state index in [1.165, 1.54) is 0 Å². The van der Waals surface area contributed by atoms with Crippen LogP contribution in [0, 0.1) is 6.92 Å².